The van der Waals surface area contributed by atoms with Gasteiger partial charge in [0.15, 0.2) is 5.13 Å². The van der Waals surface area contributed by atoms with Gasteiger partial charge < -0.3 is 10.1 Å². The van der Waals surface area contributed by atoms with Crippen molar-refractivity contribution in [2.24, 2.45) is 0 Å². The monoisotopic (exact) mass is 380 g/mol. The highest BCUT2D eigenvalue weighted by Gasteiger charge is 2.17. The number of hydrogen-bond donors (Lipinski definition) is 1. The molecule has 0 radical (unpaired) electrons. The van der Waals surface area contributed by atoms with Crippen molar-refractivity contribution in [2.45, 2.75) is 31.8 Å². The van der Waals surface area contributed by atoms with E-state index in [-0.39, 0.29) is 12.0 Å². The number of carbonyl (C=O) groups is 1. The Morgan fingerprint density at radius 2 is 2.41 bits per heavy atom. The Morgan fingerprint density at radius 1 is 1.50 bits per heavy atom. The Hall–Kier alpha value is -1.24. The van der Waals surface area contributed by atoms with Crippen LogP contribution in [0.3, 0.4) is 0 Å². The lowest BCUT2D eigenvalue weighted by Gasteiger charge is -2.08. The number of rotatable bonds is 5. The number of aromatic nitrogens is 1. The summed E-state index contributed by atoms with van der Waals surface area (Å²) < 4.78 is 6.54. The van der Waals surface area contributed by atoms with Gasteiger partial charge in [-0.15, -0.1) is 11.3 Å². The van der Waals surface area contributed by atoms with Crippen LogP contribution in [0, 0.1) is 0 Å². The second-order valence-electron chi connectivity index (χ2n) is 5.27. The van der Waals surface area contributed by atoms with Crippen LogP contribution in [-0.2, 0) is 9.53 Å². The maximum absolute atomic E-state index is 12.0. The Kier molecular flexibility index (Phi) is 5.23. The average molecular weight is 381 g/mol. The highest BCUT2D eigenvalue weighted by atomic mass is 79.9. The topological polar surface area (TPSA) is 51.2 Å². The van der Waals surface area contributed by atoms with Crippen molar-refractivity contribution in [3.05, 3.63) is 34.1 Å². The fourth-order valence-electron chi connectivity index (χ4n) is 2.46. The van der Waals surface area contributed by atoms with Gasteiger partial charge in [-0.2, -0.15) is 0 Å². The number of benzene rings is 1. The number of amides is 1. The van der Waals surface area contributed by atoms with E-state index in [1.54, 1.807) is 0 Å². The molecule has 0 saturated carbocycles. The SMILES string of the molecule is O=C(CCC1CCCO1)Nc1nc(-c2cccc(Br)c2)cs1. The summed E-state index contributed by atoms with van der Waals surface area (Å²) in [6.45, 7) is 0.828. The van der Waals surface area contributed by atoms with Crippen molar-refractivity contribution < 1.29 is 9.53 Å². The molecule has 4 nitrogen and oxygen atoms in total. The van der Waals surface area contributed by atoms with Crippen LogP contribution >= 0.6 is 27.3 Å². The molecular weight excluding hydrogens is 364 g/mol. The van der Waals surface area contributed by atoms with E-state index in [1.807, 2.05) is 29.6 Å². The molecule has 6 heteroatoms. The van der Waals surface area contributed by atoms with Crippen LogP contribution in [0.5, 0.6) is 0 Å². The van der Waals surface area contributed by atoms with Crippen LogP contribution in [0.1, 0.15) is 25.7 Å². The summed E-state index contributed by atoms with van der Waals surface area (Å²) in [7, 11) is 0. The zero-order valence-corrected chi connectivity index (χ0v) is 14.5. The van der Waals surface area contributed by atoms with E-state index >= 15 is 0 Å². The molecule has 0 aliphatic carbocycles. The molecular formula is C16H17BrN2O2S. The van der Waals surface area contributed by atoms with Gasteiger partial charge in [0.1, 0.15) is 0 Å². The highest BCUT2D eigenvalue weighted by Crippen LogP contribution is 2.27. The molecule has 1 saturated heterocycles. The molecule has 1 aliphatic heterocycles. The number of nitrogens with one attached hydrogen (secondary N) is 1. The zero-order chi connectivity index (χ0) is 15.4. The predicted octanol–water partition coefficient (Wildman–Crippen LogP) is 4.47. The van der Waals surface area contributed by atoms with Crippen LogP contribution in [0.15, 0.2) is 34.1 Å². The van der Waals surface area contributed by atoms with E-state index in [0.29, 0.717) is 11.6 Å². The lowest BCUT2D eigenvalue weighted by atomic mass is 10.1. The number of hydrogen-bond acceptors (Lipinski definition) is 4. The summed E-state index contributed by atoms with van der Waals surface area (Å²) in [5.41, 5.74) is 1.91. The van der Waals surface area contributed by atoms with E-state index in [4.69, 9.17) is 4.74 Å². The smallest absolute Gasteiger partial charge is 0.226 e. The van der Waals surface area contributed by atoms with Crippen molar-refractivity contribution in [3.63, 3.8) is 0 Å². The van der Waals surface area contributed by atoms with Crippen molar-refractivity contribution in [1.82, 2.24) is 4.98 Å². The first-order valence-corrected chi connectivity index (χ1v) is 9.01. The molecule has 22 heavy (non-hydrogen) atoms. The molecule has 2 heterocycles. The Labute approximate surface area is 142 Å². The molecule has 1 fully saturated rings. The number of ether oxygens (including phenoxy) is 1. The van der Waals surface area contributed by atoms with Gasteiger partial charge in [-0.3, -0.25) is 4.79 Å². The molecule has 3 rings (SSSR count). The maximum atomic E-state index is 12.0. The maximum Gasteiger partial charge on any atom is 0.226 e. The number of thiazole rings is 1. The predicted molar refractivity (Wildman–Crippen MR) is 92.1 cm³/mol. The van der Waals surface area contributed by atoms with Gasteiger partial charge in [0, 0.05) is 28.4 Å². The van der Waals surface area contributed by atoms with Crippen molar-refractivity contribution in [2.75, 3.05) is 11.9 Å². The normalized spacial score (nSPS) is 17.6. The number of anilines is 1. The first-order chi connectivity index (χ1) is 10.7. The first-order valence-electron chi connectivity index (χ1n) is 7.33. The number of nitrogens with zero attached hydrogens (tertiary/aromatic N) is 1. The van der Waals surface area contributed by atoms with Gasteiger partial charge in [-0.1, -0.05) is 28.1 Å². The fraction of sp³-hybridized carbons (Fsp3) is 0.375. The van der Waals surface area contributed by atoms with E-state index < -0.39 is 0 Å². The van der Waals surface area contributed by atoms with Gasteiger partial charge in [0.2, 0.25) is 5.91 Å². The second kappa shape index (κ2) is 7.35. The quantitative estimate of drug-likeness (QED) is 0.832. The molecule has 1 aromatic carbocycles. The molecule has 1 unspecified atom stereocenters. The molecule has 1 aliphatic rings. The highest BCUT2D eigenvalue weighted by molar-refractivity contribution is 9.10. The standard InChI is InChI=1S/C16H17BrN2O2S/c17-12-4-1-3-11(9-12)14-10-22-16(18-14)19-15(20)7-6-13-5-2-8-21-13/h1,3-4,9-10,13H,2,5-8H2,(H,18,19,20). The van der Waals surface area contributed by atoms with Gasteiger partial charge in [0.25, 0.3) is 0 Å². The Balaban J connectivity index is 1.55. The fourth-order valence-corrected chi connectivity index (χ4v) is 3.59. The first kappa shape index (κ1) is 15.6. The Morgan fingerprint density at radius 3 is 3.18 bits per heavy atom. The molecule has 1 amide bonds. The molecule has 0 spiro atoms. The largest absolute Gasteiger partial charge is 0.378 e. The van der Waals surface area contributed by atoms with Gasteiger partial charge in [-0.05, 0) is 31.4 Å². The summed E-state index contributed by atoms with van der Waals surface area (Å²) in [6, 6.07) is 7.96. The molecule has 1 atom stereocenters. The lowest BCUT2D eigenvalue weighted by Crippen LogP contribution is -2.15. The minimum absolute atomic E-state index is 0.00522. The van der Waals surface area contributed by atoms with Crippen molar-refractivity contribution in [3.8, 4) is 11.3 Å². The van der Waals surface area contributed by atoms with E-state index in [1.165, 1.54) is 11.3 Å². The van der Waals surface area contributed by atoms with Crippen LogP contribution < -0.4 is 5.32 Å². The van der Waals surface area contributed by atoms with E-state index in [0.717, 1.165) is 41.6 Å². The third-order valence-corrected chi connectivity index (χ3v) is 4.84. The Bertz CT molecular complexity index is 653. The zero-order valence-electron chi connectivity index (χ0n) is 12.0. The van der Waals surface area contributed by atoms with Crippen LogP contribution in [0.2, 0.25) is 0 Å². The van der Waals surface area contributed by atoms with Gasteiger partial charge >= 0.3 is 0 Å². The van der Waals surface area contributed by atoms with Crippen LogP contribution in [0.4, 0.5) is 5.13 Å². The van der Waals surface area contributed by atoms with Gasteiger partial charge in [-0.25, -0.2) is 4.98 Å². The molecule has 116 valence electrons. The minimum Gasteiger partial charge on any atom is -0.378 e. The lowest BCUT2D eigenvalue weighted by molar-refractivity contribution is -0.116. The summed E-state index contributed by atoms with van der Waals surface area (Å²) >= 11 is 4.90. The number of carbonyl (C=O) groups excluding carboxylic acids is 1. The molecule has 2 aromatic rings. The summed E-state index contributed by atoms with van der Waals surface area (Å²) in [6.07, 6.45) is 3.69. The summed E-state index contributed by atoms with van der Waals surface area (Å²) in [5, 5.41) is 5.47. The van der Waals surface area contributed by atoms with E-state index in [9.17, 15) is 4.79 Å². The van der Waals surface area contributed by atoms with Crippen molar-refractivity contribution in [1.29, 1.82) is 0 Å². The van der Waals surface area contributed by atoms with Crippen LogP contribution in [0.25, 0.3) is 11.3 Å². The van der Waals surface area contributed by atoms with Crippen LogP contribution in [-0.4, -0.2) is 23.6 Å². The molecule has 0 bridgehead atoms. The van der Waals surface area contributed by atoms with Gasteiger partial charge in [0.05, 0.1) is 11.8 Å². The van der Waals surface area contributed by atoms with E-state index in [2.05, 4.69) is 26.2 Å². The van der Waals surface area contributed by atoms with Crippen molar-refractivity contribution >= 4 is 38.3 Å². The average Bonchev–Trinajstić information content (AvgIpc) is 3.16. The summed E-state index contributed by atoms with van der Waals surface area (Å²) in [5.74, 6) is 0.00522. The molecule has 1 aromatic heterocycles. The molecule has 1 N–H and O–H groups in total. The third-order valence-electron chi connectivity index (χ3n) is 3.59. The third kappa shape index (κ3) is 4.15. The number of halogens is 1. The second-order valence-corrected chi connectivity index (χ2v) is 7.04. The minimum atomic E-state index is 0.00522. The summed E-state index contributed by atoms with van der Waals surface area (Å²) in [4.78, 5) is 16.4.